The minimum absolute atomic E-state index is 1.18. The molecular formula is C10H19BO3. The van der Waals surface area contributed by atoms with Crippen LogP contribution >= 0.6 is 0 Å². The van der Waals surface area contributed by atoms with Crippen molar-refractivity contribution in [3.05, 3.63) is 0 Å². The van der Waals surface area contributed by atoms with Crippen molar-refractivity contribution in [1.82, 2.24) is 0 Å². The summed E-state index contributed by atoms with van der Waals surface area (Å²) in [4.78, 5) is 0. The Kier molecular flexibility index (Phi) is 3.15. The fraction of sp³-hybridized carbons (Fsp3) is 1.00. The fourth-order valence-corrected chi connectivity index (χ4v) is 3.98. The first-order valence-electron chi connectivity index (χ1n) is 5.67. The second-order valence-corrected chi connectivity index (χ2v) is 5.22. The third-order valence-electron chi connectivity index (χ3n) is 4.00. The van der Waals surface area contributed by atoms with Gasteiger partial charge in [-0.1, -0.05) is 0 Å². The molecule has 0 unspecified atom stereocenters. The number of hydrogen-bond acceptors (Lipinski definition) is 3. The molecule has 4 bridgehead atoms. The summed E-state index contributed by atoms with van der Waals surface area (Å²) in [5.74, 6) is 4.71. The second-order valence-electron chi connectivity index (χ2n) is 5.22. The van der Waals surface area contributed by atoms with E-state index in [9.17, 15) is 0 Å². The molecule has 4 saturated carbocycles. The highest BCUT2D eigenvalue weighted by Gasteiger charge is 2.41. The van der Waals surface area contributed by atoms with Crippen molar-refractivity contribution in [3.63, 3.8) is 0 Å². The fourth-order valence-electron chi connectivity index (χ4n) is 3.98. The molecule has 0 aromatic heterocycles. The van der Waals surface area contributed by atoms with Gasteiger partial charge in [0.05, 0.1) is 0 Å². The Morgan fingerprint density at radius 2 is 0.714 bits per heavy atom. The lowest BCUT2D eigenvalue weighted by atomic mass is 9.56. The first-order chi connectivity index (χ1) is 6.63. The van der Waals surface area contributed by atoms with Crippen molar-refractivity contribution in [2.24, 2.45) is 23.7 Å². The van der Waals surface area contributed by atoms with Crippen LogP contribution in [0.1, 0.15) is 38.5 Å². The Morgan fingerprint density at radius 1 is 0.571 bits per heavy atom. The molecule has 0 radical (unpaired) electrons. The van der Waals surface area contributed by atoms with Gasteiger partial charge >= 0.3 is 7.32 Å². The summed E-state index contributed by atoms with van der Waals surface area (Å²) in [5, 5.41) is 21.5. The molecule has 0 saturated heterocycles. The van der Waals surface area contributed by atoms with E-state index < -0.39 is 7.32 Å². The van der Waals surface area contributed by atoms with Gasteiger partial charge in [0.15, 0.2) is 0 Å². The first-order valence-corrected chi connectivity index (χ1v) is 5.67. The molecule has 14 heavy (non-hydrogen) atoms. The highest BCUT2D eigenvalue weighted by molar-refractivity contribution is 6.30. The summed E-state index contributed by atoms with van der Waals surface area (Å²) >= 11 is 0. The Bertz CT molecular complexity index is 137. The normalized spacial score (nSPS) is 43.1. The van der Waals surface area contributed by atoms with Gasteiger partial charge in [-0.25, -0.2) is 0 Å². The van der Waals surface area contributed by atoms with E-state index in [4.69, 9.17) is 15.1 Å². The minimum Gasteiger partial charge on any atom is -0.402 e. The molecule has 0 aromatic carbocycles. The maximum absolute atomic E-state index is 7.17. The van der Waals surface area contributed by atoms with Crippen molar-refractivity contribution in [2.75, 3.05) is 0 Å². The molecule has 0 atom stereocenters. The third kappa shape index (κ3) is 2.50. The third-order valence-corrected chi connectivity index (χ3v) is 4.00. The maximum Gasteiger partial charge on any atom is 0.631 e. The molecule has 4 rings (SSSR count). The van der Waals surface area contributed by atoms with E-state index in [0.717, 1.165) is 0 Å². The molecule has 0 heterocycles. The Balaban J connectivity index is 0.000000165. The predicted octanol–water partition coefficient (Wildman–Crippen LogP) is 0.781. The van der Waals surface area contributed by atoms with Gasteiger partial charge in [0, 0.05) is 0 Å². The zero-order valence-corrected chi connectivity index (χ0v) is 8.47. The van der Waals surface area contributed by atoms with Crippen molar-refractivity contribution < 1.29 is 15.1 Å². The average Bonchev–Trinajstić information content (AvgIpc) is 1.98. The van der Waals surface area contributed by atoms with Gasteiger partial charge in [-0.15, -0.1) is 0 Å². The summed E-state index contributed by atoms with van der Waals surface area (Å²) in [6.45, 7) is 0. The lowest BCUT2D eigenvalue weighted by molar-refractivity contribution is 0.0198. The van der Waals surface area contributed by atoms with E-state index in [1.807, 2.05) is 0 Å². The zero-order valence-electron chi connectivity index (χ0n) is 8.47. The van der Waals surface area contributed by atoms with Crippen LogP contribution in [-0.4, -0.2) is 22.4 Å². The predicted molar refractivity (Wildman–Crippen MR) is 54.1 cm³/mol. The summed E-state index contributed by atoms with van der Waals surface area (Å²) in [7, 11) is -2.17. The van der Waals surface area contributed by atoms with Crippen molar-refractivity contribution in [3.8, 4) is 0 Å². The van der Waals surface area contributed by atoms with E-state index in [-0.39, 0.29) is 0 Å². The molecule has 80 valence electrons. The Hall–Kier alpha value is -0.0551. The van der Waals surface area contributed by atoms with Crippen LogP contribution in [0.2, 0.25) is 0 Å². The quantitative estimate of drug-likeness (QED) is 0.504. The van der Waals surface area contributed by atoms with Crippen LogP contribution in [0.25, 0.3) is 0 Å². The molecule has 4 fully saturated rings. The summed E-state index contributed by atoms with van der Waals surface area (Å²) in [5.41, 5.74) is 0. The summed E-state index contributed by atoms with van der Waals surface area (Å²) < 4.78 is 0. The molecule has 0 aromatic rings. The van der Waals surface area contributed by atoms with Crippen LogP contribution < -0.4 is 0 Å². The molecule has 4 aliphatic rings. The highest BCUT2D eigenvalue weighted by atomic mass is 16.5. The molecule has 4 heteroatoms. The van der Waals surface area contributed by atoms with E-state index >= 15 is 0 Å². The van der Waals surface area contributed by atoms with Gasteiger partial charge < -0.3 is 15.1 Å². The van der Waals surface area contributed by atoms with E-state index in [0.29, 0.717) is 0 Å². The van der Waals surface area contributed by atoms with Crippen LogP contribution in [0.4, 0.5) is 0 Å². The van der Waals surface area contributed by atoms with Gasteiger partial charge in [0.2, 0.25) is 0 Å². The number of rotatable bonds is 0. The van der Waals surface area contributed by atoms with Gasteiger partial charge in [0.25, 0.3) is 0 Å². The van der Waals surface area contributed by atoms with E-state index in [1.165, 1.54) is 23.7 Å². The average molecular weight is 198 g/mol. The van der Waals surface area contributed by atoms with Crippen molar-refractivity contribution in [2.45, 2.75) is 38.5 Å². The standard InChI is InChI=1S/C10H16.BH3O3/c1-7-2-9-4-8(1)5-10(3-7)6-9;2-1(3)4/h7-10H,1-6H2;2-4H. The smallest absolute Gasteiger partial charge is 0.402 e. The van der Waals surface area contributed by atoms with Crippen LogP contribution in [0.15, 0.2) is 0 Å². The molecule has 0 spiro atoms. The maximum atomic E-state index is 7.17. The Morgan fingerprint density at radius 3 is 0.857 bits per heavy atom. The van der Waals surface area contributed by atoms with Crippen LogP contribution in [0.5, 0.6) is 0 Å². The van der Waals surface area contributed by atoms with E-state index in [1.54, 1.807) is 38.5 Å². The minimum atomic E-state index is -2.17. The highest BCUT2D eigenvalue weighted by Crippen LogP contribution is 2.53. The molecule has 3 N–H and O–H groups in total. The first kappa shape index (κ1) is 10.5. The van der Waals surface area contributed by atoms with Gasteiger partial charge in [-0.05, 0) is 62.2 Å². The summed E-state index contributed by atoms with van der Waals surface area (Å²) in [6, 6.07) is 0. The van der Waals surface area contributed by atoms with Crippen LogP contribution in [0, 0.1) is 23.7 Å². The van der Waals surface area contributed by atoms with Crippen LogP contribution in [-0.2, 0) is 0 Å². The molecule has 0 amide bonds. The van der Waals surface area contributed by atoms with Gasteiger partial charge in [0.1, 0.15) is 0 Å². The van der Waals surface area contributed by atoms with Crippen molar-refractivity contribution in [1.29, 1.82) is 0 Å². The molecule has 0 aliphatic heterocycles. The van der Waals surface area contributed by atoms with Gasteiger partial charge in [-0.2, -0.15) is 0 Å². The van der Waals surface area contributed by atoms with Crippen LogP contribution in [0.3, 0.4) is 0 Å². The summed E-state index contributed by atoms with van der Waals surface area (Å²) in [6.07, 6.45) is 9.62. The van der Waals surface area contributed by atoms with Crippen molar-refractivity contribution >= 4 is 7.32 Å². The lowest BCUT2D eigenvalue weighted by Gasteiger charge is -2.49. The van der Waals surface area contributed by atoms with Gasteiger partial charge in [-0.3, -0.25) is 0 Å². The monoisotopic (exact) mass is 198 g/mol. The molecule has 3 nitrogen and oxygen atoms in total. The number of hydrogen-bond donors (Lipinski definition) is 3. The van der Waals surface area contributed by atoms with E-state index in [2.05, 4.69) is 0 Å². The zero-order chi connectivity index (χ0) is 10.1. The topological polar surface area (TPSA) is 60.7 Å². The largest absolute Gasteiger partial charge is 0.631 e. The molecule has 4 aliphatic carbocycles. The Labute approximate surface area is 85.3 Å². The second kappa shape index (κ2) is 4.21. The lowest BCUT2D eigenvalue weighted by Crippen LogP contribution is -2.38. The SMILES string of the molecule is C1C2CC3CC1CC(C2)C3.OB(O)O. The molecular weight excluding hydrogens is 179 g/mol.